The highest BCUT2D eigenvalue weighted by atomic mass is 32.2. The molecule has 0 aliphatic rings. The zero-order valence-corrected chi connectivity index (χ0v) is 13.3. The molecule has 0 saturated heterocycles. The predicted octanol–water partition coefficient (Wildman–Crippen LogP) is 2.53. The van der Waals surface area contributed by atoms with Crippen LogP contribution in [0.3, 0.4) is 0 Å². The predicted molar refractivity (Wildman–Crippen MR) is 82.3 cm³/mol. The van der Waals surface area contributed by atoms with Crippen molar-refractivity contribution < 1.29 is 13.2 Å². The maximum absolute atomic E-state index is 12.8. The third-order valence-corrected chi connectivity index (χ3v) is 5.39. The summed E-state index contributed by atoms with van der Waals surface area (Å²) >= 11 is 0. The largest absolute Gasteiger partial charge is 0.497 e. The highest BCUT2D eigenvalue weighted by Crippen LogP contribution is 2.29. The first-order valence-corrected chi connectivity index (χ1v) is 7.86. The molecule has 1 aromatic heterocycles. The van der Waals surface area contributed by atoms with Gasteiger partial charge in [0.2, 0.25) is 0 Å². The van der Waals surface area contributed by atoms with E-state index in [4.69, 9.17) is 4.74 Å². The monoisotopic (exact) mass is 306 g/mol. The zero-order valence-electron chi connectivity index (χ0n) is 12.5. The van der Waals surface area contributed by atoms with Crippen molar-refractivity contribution >= 4 is 15.7 Å². The molecule has 6 heteroatoms. The van der Waals surface area contributed by atoms with Crippen molar-refractivity contribution in [2.45, 2.75) is 18.7 Å². The van der Waals surface area contributed by atoms with Gasteiger partial charge in [0, 0.05) is 13.2 Å². The molecule has 0 bridgehead atoms. The van der Waals surface area contributed by atoms with Gasteiger partial charge in [0.15, 0.2) is 0 Å². The van der Waals surface area contributed by atoms with Crippen molar-refractivity contribution in [2.24, 2.45) is 0 Å². The lowest BCUT2D eigenvalue weighted by atomic mass is 10.1. The minimum Gasteiger partial charge on any atom is -0.497 e. The molecule has 0 amide bonds. The van der Waals surface area contributed by atoms with Gasteiger partial charge in [-0.25, -0.2) is 8.42 Å². The molecule has 112 valence electrons. The molecular formula is C15H18N2O3S. The van der Waals surface area contributed by atoms with Crippen molar-refractivity contribution in [3.63, 3.8) is 0 Å². The molecule has 21 heavy (non-hydrogen) atoms. The van der Waals surface area contributed by atoms with Crippen LogP contribution < -0.4 is 9.04 Å². The van der Waals surface area contributed by atoms with Crippen molar-refractivity contribution in [1.29, 1.82) is 0 Å². The van der Waals surface area contributed by atoms with Crippen LogP contribution in [-0.2, 0) is 10.0 Å². The van der Waals surface area contributed by atoms with E-state index in [1.165, 1.54) is 17.5 Å². The zero-order chi connectivity index (χ0) is 15.6. The Hall–Kier alpha value is -2.08. The Morgan fingerprint density at radius 3 is 2.29 bits per heavy atom. The van der Waals surface area contributed by atoms with Crippen LogP contribution in [-0.4, -0.2) is 27.6 Å². The van der Waals surface area contributed by atoms with Gasteiger partial charge in [-0.1, -0.05) is 0 Å². The third-order valence-electron chi connectivity index (χ3n) is 3.30. The first-order chi connectivity index (χ1) is 9.87. The molecule has 2 rings (SSSR count). The van der Waals surface area contributed by atoms with Crippen LogP contribution in [0, 0.1) is 13.8 Å². The SMILES string of the molecule is COc1cc(C)c(S(=O)(=O)N(C)c2cccnc2)c(C)c1. The van der Waals surface area contributed by atoms with Gasteiger partial charge in [-0.3, -0.25) is 9.29 Å². The van der Waals surface area contributed by atoms with Crippen LogP contribution in [0.5, 0.6) is 5.75 Å². The lowest BCUT2D eigenvalue weighted by Crippen LogP contribution is -2.28. The Labute approximate surface area is 125 Å². The summed E-state index contributed by atoms with van der Waals surface area (Å²) in [5, 5.41) is 0. The fraction of sp³-hybridized carbons (Fsp3) is 0.267. The molecule has 1 aromatic carbocycles. The van der Waals surface area contributed by atoms with E-state index in [-0.39, 0.29) is 0 Å². The van der Waals surface area contributed by atoms with Crippen molar-refractivity contribution in [3.05, 3.63) is 47.8 Å². The van der Waals surface area contributed by atoms with E-state index < -0.39 is 10.0 Å². The number of pyridine rings is 1. The van der Waals surface area contributed by atoms with Crippen LogP contribution in [0.1, 0.15) is 11.1 Å². The standard InChI is InChI=1S/C15H18N2O3S/c1-11-8-14(20-4)9-12(2)15(11)21(18,19)17(3)13-6-5-7-16-10-13/h5-10H,1-4H3. The van der Waals surface area contributed by atoms with E-state index in [0.29, 0.717) is 27.5 Å². The van der Waals surface area contributed by atoms with Gasteiger partial charge in [0.05, 0.1) is 23.9 Å². The van der Waals surface area contributed by atoms with Gasteiger partial charge < -0.3 is 4.74 Å². The molecule has 0 fully saturated rings. The van der Waals surface area contributed by atoms with Crippen LogP contribution >= 0.6 is 0 Å². The van der Waals surface area contributed by atoms with Crippen molar-refractivity contribution in [1.82, 2.24) is 4.98 Å². The van der Waals surface area contributed by atoms with E-state index in [2.05, 4.69) is 4.98 Å². The summed E-state index contributed by atoms with van der Waals surface area (Å²) in [6.45, 7) is 3.53. The van der Waals surface area contributed by atoms with Crippen LogP contribution in [0.4, 0.5) is 5.69 Å². The normalized spacial score (nSPS) is 11.2. The quantitative estimate of drug-likeness (QED) is 0.871. The Bertz CT molecular complexity index is 720. The highest BCUT2D eigenvalue weighted by Gasteiger charge is 2.25. The summed E-state index contributed by atoms with van der Waals surface area (Å²) in [4.78, 5) is 4.26. The number of methoxy groups -OCH3 is 1. The van der Waals surface area contributed by atoms with Gasteiger partial charge in [-0.2, -0.15) is 0 Å². The van der Waals surface area contributed by atoms with Crippen molar-refractivity contribution in [3.8, 4) is 5.75 Å². The topological polar surface area (TPSA) is 59.5 Å². The number of ether oxygens (including phenoxy) is 1. The molecule has 2 aromatic rings. The van der Waals surface area contributed by atoms with E-state index in [0.717, 1.165) is 0 Å². The van der Waals surface area contributed by atoms with Crippen LogP contribution in [0.25, 0.3) is 0 Å². The molecule has 0 N–H and O–H groups in total. The number of rotatable bonds is 4. The number of hydrogen-bond donors (Lipinski definition) is 0. The number of benzene rings is 1. The van der Waals surface area contributed by atoms with Gasteiger partial charge in [0.25, 0.3) is 10.0 Å². The Balaban J connectivity index is 2.55. The molecule has 0 saturated carbocycles. The summed E-state index contributed by atoms with van der Waals surface area (Å²) in [5.74, 6) is 0.646. The number of sulfonamides is 1. The first kappa shape index (κ1) is 15.3. The van der Waals surface area contributed by atoms with Gasteiger partial charge in [0.1, 0.15) is 5.75 Å². The summed E-state index contributed by atoms with van der Waals surface area (Å²) in [6.07, 6.45) is 3.12. The second-order valence-corrected chi connectivity index (χ2v) is 6.68. The number of aryl methyl sites for hydroxylation is 2. The second kappa shape index (κ2) is 5.73. The van der Waals surface area contributed by atoms with E-state index >= 15 is 0 Å². The third kappa shape index (κ3) is 2.85. The average molecular weight is 306 g/mol. The summed E-state index contributed by atoms with van der Waals surface area (Å²) in [7, 11) is -0.558. The molecule has 0 unspecified atom stereocenters. The van der Waals surface area contributed by atoms with E-state index in [1.807, 2.05) is 0 Å². The fourth-order valence-corrected chi connectivity index (χ4v) is 3.84. The van der Waals surface area contributed by atoms with E-state index in [1.54, 1.807) is 51.4 Å². The van der Waals surface area contributed by atoms with Crippen LogP contribution in [0.2, 0.25) is 0 Å². The molecule has 0 radical (unpaired) electrons. The van der Waals surface area contributed by atoms with Gasteiger partial charge >= 0.3 is 0 Å². The fourth-order valence-electron chi connectivity index (χ4n) is 2.25. The molecule has 0 spiro atoms. The second-order valence-electron chi connectivity index (χ2n) is 4.77. The molecular weight excluding hydrogens is 288 g/mol. The molecule has 5 nitrogen and oxygen atoms in total. The minimum absolute atomic E-state index is 0.301. The van der Waals surface area contributed by atoms with Gasteiger partial charge in [-0.05, 0) is 49.2 Å². The van der Waals surface area contributed by atoms with Crippen molar-refractivity contribution in [2.75, 3.05) is 18.5 Å². The number of nitrogens with zero attached hydrogens (tertiary/aromatic N) is 2. The number of aromatic nitrogens is 1. The molecule has 1 heterocycles. The smallest absolute Gasteiger partial charge is 0.264 e. The lowest BCUT2D eigenvalue weighted by Gasteiger charge is -2.22. The summed E-state index contributed by atoms with van der Waals surface area (Å²) < 4.78 is 32.1. The maximum atomic E-state index is 12.8. The Morgan fingerprint density at radius 1 is 1.19 bits per heavy atom. The summed E-state index contributed by atoms with van der Waals surface area (Å²) in [6, 6.07) is 6.85. The van der Waals surface area contributed by atoms with Gasteiger partial charge in [-0.15, -0.1) is 0 Å². The minimum atomic E-state index is -3.64. The Kier molecular flexibility index (Phi) is 4.18. The molecule has 0 aliphatic heterocycles. The average Bonchev–Trinajstić information content (AvgIpc) is 2.46. The Morgan fingerprint density at radius 2 is 1.81 bits per heavy atom. The van der Waals surface area contributed by atoms with Crippen LogP contribution in [0.15, 0.2) is 41.6 Å². The number of hydrogen-bond acceptors (Lipinski definition) is 4. The highest BCUT2D eigenvalue weighted by molar-refractivity contribution is 7.92. The maximum Gasteiger partial charge on any atom is 0.264 e. The number of anilines is 1. The molecule has 0 atom stereocenters. The lowest BCUT2D eigenvalue weighted by molar-refractivity contribution is 0.413. The first-order valence-electron chi connectivity index (χ1n) is 6.42. The van der Waals surface area contributed by atoms with E-state index in [9.17, 15) is 8.42 Å². The summed E-state index contributed by atoms with van der Waals surface area (Å²) in [5.41, 5.74) is 1.83. The molecule has 0 aliphatic carbocycles.